The molecule has 1 aliphatic carbocycles. The molecule has 3 aromatic carbocycles. The number of ketones is 2. The number of hydrogen-bond acceptors (Lipinski definition) is 5. The van der Waals surface area contributed by atoms with Gasteiger partial charge in [-0.3, -0.25) is 19.2 Å². The van der Waals surface area contributed by atoms with Crippen molar-refractivity contribution in [2.24, 2.45) is 0 Å². The summed E-state index contributed by atoms with van der Waals surface area (Å²) in [5.41, 5.74) is 0.624. The number of imide groups is 1. The molecule has 0 fully saturated rings. The molecule has 200 valence electrons. The highest BCUT2D eigenvalue weighted by Gasteiger charge is 2.45. The molecule has 13 heteroatoms. The van der Waals surface area contributed by atoms with Gasteiger partial charge in [-0.05, 0) is 24.6 Å². The molecule has 6 rings (SSSR count). The zero-order valence-electron chi connectivity index (χ0n) is 19.6. The minimum Gasteiger partial charge on any atom is -0.353 e. The third kappa shape index (κ3) is 3.58. The average Bonchev–Trinajstić information content (AvgIpc) is 3.35. The van der Waals surface area contributed by atoms with Crippen molar-refractivity contribution in [1.82, 2.24) is 0 Å². The number of halogens is 7. The Balaban J connectivity index is 1.49. The molecular weight excluding hydrogens is 664 g/mol. The number of nitrogens with one attached hydrogen (secondary N) is 1. The Morgan fingerprint density at radius 1 is 0.625 bits per heavy atom. The van der Waals surface area contributed by atoms with Gasteiger partial charge in [0.1, 0.15) is 0 Å². The van der Waals surface area contributed by atoms with Crippen LogP contribution < -0.4 is 10.2 Å². The number of para-hydroxylation sites is 1. The number of nitrogens with zero attached hydrogens (tertiary/aromatic N) is 1. The van der Waals surface area contributed by atoms with Gasteiger partial charge in [0.05, 0.1) is 80.1 Å². The predicted molar refractivity (Wildman–Crippen MR) is 159 cm³/mol. The monoisotopic (exact) mass is 670 g/mol. The summed E-state index contributed by atoms with van der Waals surface area (Å²) < 4.78 is 0. The van der Waals surface area contributed by atoms with E-state index in [0.29, 0.717) is 11.1 Å². The van der Waals surface area contributed by atoms with Crippen molar-refractivity contribution in [3.8, 4) is 0 Å². The predicted octanol–water partition coefficient (Wildman–Crippen LogP) is 9.14. The highest BCUT2D eigenvalue weighted by Crippen LogP contribution is 2.48. The average molecular weight is 674 g/mol. The van der Waals surface area contributed by atoms with Crippen LogP contribution in [0, 0.1) is 6.92 Å². The largest absolute Gasteiger partial charge is 0.353 e. The molecule has 1 N–H and O–H groups in total. The molecule has 0 unspecified atom stereocenters. The zero-order valence-corrected chi connectivity index (χ0v) is 24.9. The second kappa shape index (κ2) is 9.50. The first-order chi connectivity index (χ1) is 18.9. The molecule has 0 bridgehead atoms. The third-order valence-corrected chi connectivity index (χ3v) is 10.0. The maximum Gasteiger partial charge on any atom is 0.267 e. The van der Waals surface area contributed by atoms with Crippen LogP contribution in [0.25, 0.3) is 6.08 Å². The van der Waals surface area contributed by atoms with Crippen LogP contribution >= 0.6 is 81.2 Å². The van der Waals surface area contributed by atoms with Crippen LogP contribution in [0.4, 0.5) is 11.4 Å². The number of hydrogen-bond donors (Lipinski definition) is 1. The number of fused-ring (bicyclic) bond motifs is 3. The number of amides is 2. The van der Waals surface area contributed by atoms with Crippen molar-refractivity contribution < 1.29 is 19.2 Å². The van der Waals surface area contributed by atoms with Crippen LogP contribution in [0.1, 0.15) is 52.6 Å². The van der Waals surface area contributed by atoms with E-state index in [2.05, 4.69) is 5.32 Å². The lowest BCUT2D eigenvalue weighted by molar-refractivity contribution is 0.0922. The summed E-state index contributed by atoms with van der Waals surface area (Å²) in [7, 11) is 0. The van der Waals surface area contributed by atoms with Gasteiger partial charge in [-0.2, -0.15) is 0 Å². The molecule has 0 atom stereocenters. The molecule has 40 heavy (non-hydrogen) atoms. The second-order valence-electron chi connectivity index (χ2n) is 8.92. The molecular formula is C27H9Cl7N2O4. The quantitative estimate of drug-likeness (QED) is 0.0916. The number of rotatable bonds is 1. The number of Topliss-reactive ketones (excluding diaryl/α,β-unsaturated/α-hetero) is 2. The van der Waals surface area contributed by atoms with Crippen LogP contribution in [0.3, 0.4) is 0 Å². The number of allylic oxidation sites excluding steroid dienone is 2. The maximum absolute atomic E-state index is 13.5. The Kier molecular flexibility index (Phi) is 6.56. The summed E-state index contributed by atoms with van der Waals surface area (Å²) in [5, 5.41) is 2.30. The fourth-order valence-corrected chi connectivity index (χ4v) is 6.73. The van der Waals surface area contributed by atoms with Gasteiger partial charge in [-0.25, -0.2) is 4.90 Å². The lowest BCUT2D eigenvalue weighted by Crippen LogP contribution is -2.30. The molecule has 2 amide bonds. The van der Waals surface area contributed by atoms with E-state index in [1.54, 1.807) is 25.1 Å². The van der Waals surface area contributed by atoms with Crippen LogP contribution in [-0.2, 0) is 0 Å². The minimum absolute atomic E-state index is 0.0244. The molecule has 0 aromatic heterocycles. The Bertz CT molecular complexity index is 1800. The number of anilines is 2. The maximum atomic E-state index is 13.5. The van der Waals surface area contributed by atoms with Crippen molar-refractivity contribution in [1.29, 1.82) is 0 Å². The minimum atomic E-state index is -0.784. The Morgan fingerprint density at radius 2 is 1.15 bits per heavy atom. The van der Waals surface area contributed by atoms with Crippen molar-refractivity contribution in [3.63, 3.8) is 0 Å². The Hall–Kier alpha value is -2.55. The summed E-state index contributed by atoms with van der Waals surface area (Å²) in [6.45, 7) is 1.59. The Morgan fingerprint density at radius 3 is 1.73 bits per heavy atom. The summed E-state index contributed by atoms with van der Waals surface area (Å²) >= 11 is 43.9. The van der Waals surface area contributed by atoms with E-state index < -0.39 is 23.4 Å². The molecule has 2 aliphatic heterocycles. The van der Waals surface area contributed by atoms with Crippen LogP contribution in [-0.4, -0.2) is 23.4 Å². The first kappa shape index (κ1) is 27.6. The topological polar surface area (TPSA) is 83.6 Å². The summed E-state index contributed by atoms with van der Waals surface area (Å²) in [5.74, 6) is -2.89. The highest BCUT2D eigenvalue weighted by molar-refractivity contribution is 6.57. The SMILES string of the molecule is Cc1c(Cl)c(Cl)c2c(c1Cl)C(=O)/C(=C1\C=Cc3cccc(N4C(=O)c5c(Cl)c(Cl)c(Cl)c(Cl)c5C4=O)c3N1)C2=O. The van der Waals surface area contributed by atoms with Gasteiger partial charge in [-0.1, -0.05) is 99.4 Å². The van der Waals surface area contributed by atoms with Crippen molar-refractivity contribution >= 4 is 122 Å². The van der Waals surface area contributed by atoms with E-state index in [9.17, 15) is 19.2 Å². The zero-order chi connectivity index (χ0) is 28.9. The number of carbonyl (C=O) groups is 4. The highest BCUT2D eigenvalue weighted by atomic mass is 35.5. The van der Waals surface area contributed by atoms with Gasteiger partial charge in [-0.15, -0.1) is 0 Å². The van der Waals surface area contributed by atoms with Crippen LogP contribution in [0.2, 0.25) is 35.2 Å². The number of carbonyl (C=O) groups excluding carboxylic acids is 4. The molecule has 0 saturated carbocycles. The molecule has 3 aromatic rings. The van der Waals surface area contributed by atoms with Crippen LogP contribution in [0.5, 0.6) is 0 Å². The first-order valence-corrected chi connectivity index (χ1v) is 13.9. The lowest BCUT2D eigenvalue weighted by atomic mass is 10.0. The van der Waals surface area contributed by atoms with E-state index in [1.807, 2.05) is 0 Å². The summed E-state index contributed by atoms with van der Waals surface area (Å²) in [4.78, 5) is 54.8. The van der Waals surface area contributed by atoms with E-state index in [-0.39, 0.29) is 80.1 Å². The van der Waals surface area contributed by atoms with E-state index in [1.165, 1.54) is 12.1 Å². The molecule has 3 aliphatic rings. The molecule has 6 nitrogen and oxygen atoms in total. The van der Waals surface area contributed by atoms with Gasteiger partial charge >= 0.3 is 0 Å². The Labute approximate surface area is 261 Å². The van der Waals surface area contributed by atoms with Crippen molar-refractivity contribution in [2.75, 3.05) is 10.2 Å². The normalized spacial score (nSPS) is 17.4. The van der Waals surface area contributed by atoms with Gasteiger partial charge in [0.2, 0.25) is 11.6 Å². The van der Waals surface area contributed by atoms with Crippen molar-refractivity contribution in [3.05, 3.63) is 104 Å². The van der Waals surface area contributed by atoms with Gasteiger partial charge < -0.3 is 5.32 Å². The fourth-order valence-electron chi connectivity index (χ4n) is 4.88. The van der Waals surface area contributed by atoms with E-state index >= 15 is 0 Å². The van der Waals surface area contributed by atoms with Crippen LogP contribution in [0.15, 0.2) is 35.5 Å². The fraction of sp³-hybridized carbons (Fsp3) is 0.0370. The van der Waals surface area contributed by atoms with Crippen molar-refractivity contribution in [2.45, 2.75) is 6.92 Å². The molecule has 0 spiro atoms. The summed E-state index contributed by atoms with van der Waals surface area (Å²) in [6.07, 6.45) is 3.14. The lowest BCUT2D eigenvalue weighted by Gasteiger charge is -2.24. The summed E-state index contributed by atoms with van der Waals surface area (Å²) in [6, 6.07) is 4.83. The first-order valence-electron chi connectivity index (χ1n) is 11.2. The second-order valence-corrected chi connectivity index (χ2v) is 11.6. The molecule has 0 saturated heterocycles. The third-order valence-electron chi connectivity index (χ3n) is 6.82. The molecule has 2 heterocycles. The molecule has 0 radical (unpaired) electrons. The van der Waals surface area contributed by atoms with E-state index in [0.717, 1.165) is 4.90 Å². The van der Waals surface area contributed by atoms with Gasteiger partial charge in [0.15, 0.2) is 0 Å². The van der Waals surface area contributed by atoms with Gasteiger partial charge in [0, 0.05) is 5.56 Å². The smallest absolute Gasteiger partial charge is 0.267 e. The number of benzene rings is 3. The van der Waals surface area contributed by atoms with Gasteiger partial charge in [0.25, 0.3) is 11.8 Å². The standard InChI is InChI=1S/C27H9Cl7N2O4/c1-7-16(28)12-13(18(30)17(7)29)25(38)11(24(12)37)9-6-5-8-3-2-4-10(23(8)35-9)36-26(39)14-15(27(36)40)20(32)22(34)21(33)19(14)31/h2-6,35H,1H3/b11-9-. The van der Waals surface area contributed by atoms with E-state index in [4.69, 9.17) is 81.2 Å².